The van der Waals surface area contributed by atoms with Crippen LogP contribution >= 0.6 is 11.6 Å². The fourth-order valence-corrected chi connectivity index (χ4v) is 4.23. The van der Waals surface area contributed by atoms with E-state index in [0.717, 1.165) is 11.3 Å². The summed E-state index contributed by atoms with van der Waals surface area (Å²) in [4.78, 5) is 4.23. The Labute approximate surface area is 157 Å². The average molecular weight is 394 g/mol. The lowest BCUT2D eigenvalue weighted by molar-refractivity contribution is 0.492. The Morgan fingerprint density at radius 1 is 1.19 bits per heavy atom. The van der Waals surface area contributed by atoms with E-state index in [1.807, 2.05) is 19.1 Å². The number of benzene rings is 1. The second-order valence-electron chi connectivity index (χ2n) is 7.01. The number of fused-ring (bicyclic) bond motifs is 1. The zero-order valence-electron chi connectivity index (χ0n) is 14.9. The van der Waals surface area contributed by atoms with Crippen LogP contribution in [0.25, 0.3) is 5.65 Å². The van der Waals surface area contributed by atoms with Gasteiger partial charge in [-0.1, -0.05) is 11.6 Å². The maximum Gasteiger partial charge on any atom is 0.246 e. The number of aryl methyl sites for hydroxylation is 1. The molecule has 3 rings (SSSR count). The van der Waals surface area contributed by atoms with Gasteiger partial charge in [-0.05, 0) is 57.5 Å². The average Bonchev–Trinajstić information content (AvgIpc) is 2.93. The van der Waals surface area contributed by atoms with E-state index in [4.69, 9.17) is 11.6 Å². The third-order valence-electron chi connectivity index (χ3n) is 3.55. The molecular formula is C17H20ClN5O2S. The first-order valence-corrected chi connectivity index (χ1v) is 9.83. The summed E-state index contributed by atoms with van der Waals surface area (Å²) in [6.07, 6.45) is 2.84. The van der Waals surface area contributed by atoms with Crippen molar-refractivity contribution in [2.75, 3.05) is 5.32 Å². The van der Waals surface area contributed by atoms with Gasteiger partial charge in [0.05, 0.1) is 6.20 Å². The van der Waals surface area contributed by atoms with E-state index in [1.165, 1.54) is 10.7 Å². The highest BCUT2D eigenvalue weighted by molar-refractivity contribution is 7.89. The lowest BCUT2D eigenvalue weighted by atomic mass is 10.1. The molecule has 2 heterocycles. The third-order valence-corrected chi connectivity index (χ3v) is 5.53. The number of anilines is 2. The summed E-state index contributed by atoms with van der Waals surface area (Å²) in [5.41, 5.74) is 1.44. The normalized spacial score (nSPS) is 12.5. The molecule has 0 amide bonds. The van der Waals surface area contributed by atoms with Crippen LogP contribution in [0.2, 0.25) is 5.02 Å². The van der Waals surface area contributed by atoms with Crippen LogP contribution in [0.4, 0.5) is 11.5 Å². The Morgan fingerprint density at radius 2 is 1.92 bits per heavy atom. The predicted octanol–water partition coefficient (Wildman–Crippen LogP) is 3.51. The molecule has 0 spiro atoms. The third kappa shape index (κ3) is 3.82. The summed E-state index contributed by atoms with van der Waals surface area (Å²) in [7, 11) is -3.75. The molecule has 0 saturated carbocycles. The van der Waals surface area contributed by atoms with E-state index in [9.17, 15) is 8.42 Å². The molecule has 0 aliphatic carbocycles. The van der Waals surface area contributed by atoms with Crippen molar-refractivity contribution in [3.8, 4) is 0 Å². The number of nitrogens with zero attached hydrogens (tertiary/aromatic N) is 3. The van der Waals surface area contributed by atoms with Gasteiger partial charge in [0.15, 0.2) is 5.65 Å². The van der Waals surface area contributed by atoms with Gasteiger partial charge in [-0.25, -0.2) is 18.1 Å². The van der Waals surface area contributed by atoms with Crippen LogP contribution in [0.5, 0.6) is 0 Å². The van der Waals surface area contributed by atoms with Crippen molar-refractivity contribution in [3.63, 3.8) is 0 Å². The topological polar surface area (TPSA) is 88.4 Å². The molecule has 0 unspecified atom stereocenters. The van der Waals surface area contributed by atoms with Gasteiger partial charge < -0.3 is 5.32 Å². The summed E-state index contributed by atoms with van der Waals surface area (Å²) in [5.74, 6) is 0.595. The Kier molecular flexibility index (Phi) is 4.68. The van der Waals surface area contributed by atoms with Gasteiger partial charge >= 0.3 is 0 Å². The Morgan fingerprint density at radius 3 is 2.58 bits per heavy atom. The van der Waals surface area contributed by atoms with Crippen molar-refractivity contribution in [2.24, 2.45) is 0 Å². The second-order valence-corrected chi connectivity index (χ2v) is 9.10. The molecule has 0 saturated heterocycles. The Balaban J connectivity index is 2.04. The molecule has 0 radical (unpaired) electrons. The highest BCUT2D eigenvalue weighted by Crippen LogP contribution is 2.25. The maximum atomic E-state index is 12.6. The molecule has 0 atom stereocenters. The van der Waals surface area contributed by atoms with Gasteiger partial charge in [-0.3, -0.25) is 0 Å². The standard InChI is InChI=1S/C17H20ClN5O2S/c1-11-9-12(18)5-6-13(11)21-15-7-8-19-16-14(10-20-23(15)16)26(24,25)22-17(2,3)4/h5-10,21-22H,1-4H3. The van der Waals surface area contributed by atoms with Crippen molar-refractivity contribution >= 4 is 38.8 Å². The van der Waals surface area contributed by atoms with E-state index in [-0.39, 0.29) is 10.5 Å². The molecule has 26 heavy (non-hydrogen) atoms. The molecule has 9 heteroatoms. The molecule has 138 valence electrons. The summed E-state index contributed by atoms with van der Waals surface area (Å²) >= 11 is 5.99. The van der Waals surface area contributed by atoms with Crippen molar-refractivity contribution in [2.45, 2.75) is 38.1 Å². The molecule has 0 aliphatic heterocycles. The van der Waals surface area contributed by atoms with Gasteiger partial charge in [-0.15, -0.1) is 0 Å². The molecule has 2 aromatic heterocycles. The summed E-state index contributed by atoms with van der Waals surface area (Å²) in [6.45, 7) is 7.26. The quantitative estimate of drug-likeness (QED) is 0.708. The first-order chi connectivity index (χ1) is 12.1. The van der Waals surface area contributed by atoms with Gasteiger partial charge in [0.2, 0.25) is 10.0 Å². The molecule has 0 aliphatic rings. The number of sulfonamides is 1. The fourth-order valence-electron chi connectivity index (χ4n) is 2.52. The SMILES string of the molecule is Cc1cc(Cl)ccc1Nc1ccnc2c(S(=O)(=O)NC(C)(C)C)cnn12. The van der Waals surface area contributed by atoms with Gasteiger partial charge in [0.25, 0.3) is 0 Å². The maximum absolute atomic E-state index is 12.6. The molecule has 0 fully saturated rings. The van der Waals surface area contributed by atoms with Crippen molar-refractivity contribution in [1.29, 1.82) is 0 Å². The number of nitrogens with one attached hydrogen (secondary N) is 2. The molecule has 1 aromatic carbocycles. The predicted molar refractivity (Wildman–Crippen MR) is 103 cm³/mol. The lowest BCUT2D eigenvalue weighted by Crippen LogP contribution is -2.40. The Bertz CT molecular complexity index is 1070. The molecular weight excluding hydrogens is 374 g/mol. The van der Waals surface area contributed by atoms with Crippen molar-refractivity contribution < 1.29 is 8.42 Å². The van der Waals surface area contributed by atoms with Crippen molar-refractivity contribution in [1.82, 2.24) is 19.3 Å². The lowest BCUT2D eigenvalue weighted by Gasteiger charge is -2.19. The van der Waals surface area contributed by atoms with E-state index in [1.54, 1.807) is 39.1 Å². The van der Waals surface area contributed by atoms with Crippen LogP contribution < -0.4 is 10.0 Å². The van der Waals surface area contributed by atoms with Crippen LogP contribution in [-0.2, 0) is 10.0 Å². The number of rotatable bonds is 4. The van der Waals surface area contributed by atoms with Crippen LogP contribution in [-0.4, -0.2) is 28.6 Å². The van der Waals surface area contributed by atoms with Crippen molar-refractivity contribution in [3.05, 3.63) is 47.2 Å². The highest BCUT2D eigenvalue weighted by Gasteiger charge is 2.26. The summed E-state index contributed by atoms with van der Waals surface area (Å²) < 4.78 is 29.4. The van der Waals surface area contributed by atoms with E-state index in [0.29, 0.717) is 10.8 Å². The van der Waals surface area contributed by atoms with Crippen LogP contribution in [0, 0.1) is 6.92 Å². The molecule has 7 nitrogen and oxygen atoms in total. The zero-order valence-corrected chi connectivity index (χ0v) is 16.5. The molecule has 2 N–H and O–H groups in total. The zero-order chi connectivity index (χ0) is 19.1. The molecule has 3 aromatic rings. The minimum atomic E-state index is -3.75. The second kappa shape index (κ2) is 6.53. The van der Waals surface area contributed by atoms with Gasteiger partial charge in [-0.2, -0.15) is 9.61 Å². The van der Waals surface area contributed by atoms with Gasteiger partial charge in [0.1, 0.15) is 10.7 Å². The smallest absolute Gasteiger partial charge is 0.246 e. The molecule has 0 bridgehead atoms. The first-order valence-electron chi connectivity index (χ1n) is 7.97. The summed E-state index contributed by atoms with van der Waals surface area (Å²) in [6, 6.07) is 7.20. The van der Waals surface area contributed by atoms with E-state index >= 15 is 0 Å². The number of hydrogen-bond acceptors (Lipinski definition) is 5. The van der Waals surface area contributed by atoms with Crippen LogP contribution in [0.3, 0.4) is 0 Å². The monoisotopic (exact) mass is 393 g/mol. The van der Waals surface area contributed by atoms with Crippen LogP contribution in [0.1, 0.15) is 26.3 Å². The largest absolute Gasteiger partial charge is 0.340 e. The van der Waals surface area contributed by atoms with Crippen LogP contribution in [0.15, 0.2) is 41.6 Å². The summed E-state index contributed by atoms with van der Waals surface area (Å²) in [5, 5.41) is 8.09. The minimum Gasteiger partial charge on any atom is -0.340 e. The van der Waals surface area contributed by atoms with E-state index < -0.39 is 15.6 Å². The van der Waals surface area contributed by atoms with E-state index in [2.05, 4.69) is 20.1 Å². The first kappa shape index (κ1) is 18.6. The fraction of sp³-hybridized carbons (Fsp3) is 0.294. The highest BCUT2D eigenvalue weighted by atomic mass is 35.5. The Hall–Kier alpha value is -2.16. The van der Waals surface area contributed by atoms with Gasteiger partial charge in [0, 0.05) is 22.4 Å². The number of halogens is 1. The minimum absolute atomic E-state index is 0.0314. The number of hydrogen-bond donors (Lipinski definition) is 2. The number of aromatic nitrogens is 3.